The second-order valence-corrected chi connectivity index (χ2v) is 7.63. The summed E-state index contributed by atoms with van der Waals surface area (Å²) in [7, 11) is 2.83. The Kier molecular flexibility index (Phi) is 14.5. The fraction of sp³-hybridized carbons (Fsp3) is 0.407. The van der Waals surface area contributed by atoms with Crippen LogP contribution < -0.4 is 51.4 Å². The maximum absolute atomic E-state index is 7.00. The summed E-state index contributed by atoms with van der Waals surface area (Å²) in [5.41, 5.74) is 6.88. The first-order valence-electron chi connectivity index (χ1n) is 11.1. The molecule has 1 saturated carbocycles. The van der Waals surface area contributed by atoms with E-state index in [9.17, 15) is 0 Å². The number of aliphatic hydroxyl groups excluding tert-OH is 1. The Balaban J connectivity index is 0.00000177. The molecule has 2 aromatic rings. The first kappa shape index (κ1) is 29.6. The number of hydrogen-bond donors (Lipinski definition) is 1. The van der Waals surface area contributed by atoms with Crippen molar-refractivity contribution in [3.8, 4) is 11.8 Å². The number of aromatic nitrogens is 1. The number of aryl methyl sites for hydroxylation is 1. The summed E-state index contributed by atoms with van der Waals surface area (Å²) in [6.07, 6.45) is 8.54. The van der Waals surface area contributed by atoms with Crippen molar-refractivity contribution in [1.82, 2.24) is 4.98 Å². The van der Waals surface area contributed by atoms with Gasteiger partial charge in [0.25, 0.3) is 0 Å². The number of oxime groups is 1. The van der Waals surface area contributed by atoms with E-state index in [2.05, 4.69) is 65.4 Å². The van der Waals surface area contributed by atoms with Crippen LogP contribution in [0, 0.1) is 24.7 Å². The summed E-state index contributed by atoms with van der Waals surface area (Å²) in [5, 5.41) is 15.8. The topological polar surface area (TPSA) is 68.8 Å². The molecule has 1 heterocycles. The van der Waals surface area contributed by atoms with E-state index in [1.165, 1.54) is 18.4 Å². The van der Waals surface area contributed by atoms with Crippen molar-refractivity contribution in [2.45, 2.75) is 53.1 Å². The minimum atomic E-state index is 0. The van der Waals surface area contributed by atoms with Gasteiger partial charge < -0.3 is 15.3 Å². The first-order valence-corrected chi connectivity index (χ1v) is 11.1. The molecule has 1 aliphatic carbocycles. The van der Waals surface area contributed by atoms with Crippen LogP contribution in [-0.4, -0.2) is 30.0 Å². The molecule has 170 valence electrons. The summed E-state index contributed by atoms with van der Waals surface area (Å²) in [4.78, 5) is 10.2. The molecule has 0 atom stereocenters. The van der Waals surface area contributed by atoms with Crippen molar-refractivity contribution in [1.29, 1.82) is 0 Å². The standard InChI is InChI=1S/C26H30N3O.CH4O.K/c1-5-6-10-26(27-4)23-9-7-8-19(2)24(23)18-30-29-20(3)25-16-15-22(17-28-25)14-13-21-11-12-21;1-2;/h7-10,15-17,21H,5-6,11-12,18H2,1-4H3;2H,1H3;/q-1;;+1/b26-10-,29-20+;;. The molecule has 0 spiro atoms. The van der Waals surface area contributed by atoms with E-state index < -0.39 is 0 Å². The molecule has 1 aromatic carbocycles. The van der Waals surface area contributed by atoms with Crippen LogP contribution in [0.15, 0.2) is 47.8 Å². The van der Waals surface area contributed by atoms with Gasteiger partial charge in [-0.1, -0.05) is 54.6 Å². The molecular weight excluding hydrogens is 437 g/mol. The quantitative estimate of drug-likeness (QED) is 0.279. The number of allylic oxidation sites excluding steroid dienone is 1. The molecule has 0 radical (unpaired) electrons. The average Bonchev–Trinajstić information content (AvgIpc) is 3.66. The first-order chi connectivity index (χ1) is 15.6. The van der Waals surface area contributed by atoms with Crippen LogP contribution in [0.5, 0.6) is 0 Å². The van der Waals surface area contributed by atoms with E-state index in [1.807, 2.05) is 26.1 Å². The normalized spacial score (nSPS) is 13.0. The average molecular weight is 472 g/mol. The van der Waals surface area contributed by atoms with Gasteiger partial charge in [0.2, 0.25) is 0 Å². The number of aliphatic hydroxyl groups is 1. The number of rotatable bonds is 8. The molecular formula is C27H34KN3O2. The molecule has 1 N–H and O–H groups in total. The van der Waals surface area contributed by atoms with Crippen LogP contribution >= 0.6 is 0 Å². The zero-order chi connectivity index (χ0) is 23.3. The summed E-state index contributed by atoms with van der Waals surface area (Å²) < 4.78 is 0. The van der Waals surface area contributed by atoms with Crippen molar-refractivity contribution in [2.24, 2.45) is 11.1 Å². The monoisotopic (exact) mass is 471 g/mol. The Morgan fingerprint density at radius 3 is 2.64 bits per heavy atom. The Bertz CT molecular complexity index is 985. The minimum absolute atomic E-state index is 0. The van der Waals surface area contributed by atoms with Gasteiger partial charge in [-0.15, -0.1) is 12.7 Å². The van der Waals surface area contributed by atoms with Crippen LogP contribution in [0.3, 0.4) is 0 Å². The molecule has 33 heavy (non-hydrogen) atoms. The van der Waals surface area contributed by atoms with Crippen LogP contribution in [0.25, 0.3) is 11.0 Å². The second-order valence-electron chi connectivity index (χ2n) is 7.63. The maximum atomic E-state index is 7.00. The Morgan fingerprint density at radius 1 is 1.27 bits per heavy atom. The summed E-state index contributed by atoms with van der Waals surface area (Å²) in [5.74, 6) is 7.02. The molecule has 1 aromatic heterocycles. The Hall–Kier alpha value is -1.46. The van der Waals surface area contributed by atoms with Gasteiger partial charge in [0, 0.05) is 30.4 Å². The van der Waals surface area contributed by atoms with Crippen LogP contribution in [0.2, 0.25) is 0 Å². The minimum Gasteiger partial charge on any atom is -0.687 e. The van der Waals surface area contributed by atoms with Crippen LogP contribution in [-0.2, 0) is 11.4 Å². The van der Waals surface area contributed by atoms with Gasteiger partial charge in [-0.2, -0.15) is 0 Å². The molecule has 0 saturated heterocycles. The van der Waals surface area contributed by atoms with Gasteiger partial charge >= 0.3 is 51.4 Å². The SMILES string of the molecule is CCC/C=C(\[N-]C)c1cccc(C)c1CO/N=C(\C)c1ccc(C#CC2CC2)cn1.CO.[K+]. The van der Waals surface area contributed by atoms with E-state index in [0.29, 0.717) is 12.5 Å². The largest absolute Gasteiger partial charge is 1.00 e. The van der Waals surface area contributed by atoms with E-state index >= 15 is 0 Å². The molecule has 3 rings (SSSR count). The molecule has 0 aliphatic heterocycles. The number of pyridine rings is 1. The predicted octanol–water partition coefficient (Wildman–Crippen LogP) is 2.85. The molecule has 5 nitrogen and oxygen atoms in total. The molecule has 6 heteroatoms. The van der Waals surface area contributed by atoms with Gasteiger partial charge in [0.05, 0.1) is 5.69 Å². The van der Waals surface area contributed by atoms with E-state index in [-0.39, 0.29) is 51.4 Å². The smallest absolute Gasteiger partial charge is 0.687 e. The predicted molar refractivity (Wildman–Crippen MR) is 132 cm³/mol. The van der Waals surface area contributed by atoms with Gasteiger partial charge in [0.1, 0.15) is 12.3 Å². The van der Waals surface area contributed by atoms with Crippen molar-refractivity contribution < 1.29 is 61.3 Å². The molecule has 0 bridgehead atoms. The van der Waals surface area contributed by atoms with E-state index in [1.54, 1.807) is 6.20 Å². The molecule has 1 fully saturated rings. The van der Waals surface area contributed by atoms with Crippen molar-refractivity contribution >= 4 is 11.4 Å². The van der Waals surface area contributed by atoms with Crippen molar-refractivity contribution in [3.63, 3.8) is 0 Å². The number of nitrogens with zero attached hydrogens (tertiary/aromatic N) is 3. The van der Waals surface area contributed by atoms with Crippen molar-refractivity contribution in [3.05, 3.63) is 75.9 Å². The van der Waals surface area contributed by atoms with Gasteiger partial charge in [-0.05, 0) is 56.4 Å². The third kappa shape index (κ3) is 9.74. The van der Waals surface area contributed by atoms with Gasteiger partial charge in [0.15, 0.2) is 0 Å². The number of unbranched alkanes of at least 4 members (excludes halogenated alkanes) is 1. The zero-order valence-electron chi connectivity index (χ0n) is 20.9. The summed E-state index contributed by atoms with van der Waals surface area (Å²) >= 11 is 0. The fourth-order valence-corrected chi connectivity index (χ4v) is 3.07. The van der Waals surface area contributed by atoms with Crippen molar-refractivity contribution in [2.75, 3.05) is 14.2 Å². The number of benzene rings is 1. The summed E-state index contributed by atoms with van der Waals surface area (Å²) in [6.45, 7) is 6.56. The Morgan fingerprint density at radius 2 is 2.03 bits per heavy atom. The van der Waals surface area contributed by atoms with E-state index in [4.69, 9.17) is 9.94 Å². The molecule has 0 amide bonds. The van der Waals surface area contributed by atoms with Gasteiger partial charge in [-0.25, -0.2) is 0 Å². The molecule has 0 unspecified atom stereocenters. The third-order valence-corrected chi connectivity index (χ3v) is 5.10. The maximum Gasteiger partial charge on any atom is 1.00 e. The summed E-state index contributed by atoms with van der Waals surface area (Å²) in [6, 6.07) is 10.2. The second kappa shape index (κ2) is 16.2. The fourth-order valence-electron chi connectivity index (χ4n) is 3.07. The van der Waals surface area contributed by atoms with Gasteiger partial charge in [-0.3, -0.25) is 4.98 Å². The number of hydrogen-bond acceptors (Lipinski definition) is 4. The van der Waals surface area contributed by atoms with Crippen LogP contribution in [0.4, 0.5) is 0 Å². The third-order valence-electron chi connectivity index (χ3n) is 5.10. The zero-order valence-corrected chi connectivity index (χ0v) is 24.0. The Labute approximate surface area is 241 Å². The molecule has 1 aliphatic rings. The van der Waals surface area contributed by atoms with E-state index in [0.717, 1.165) is 53.7 Å². The van der Waals surface area contributed by atoms with Crippen LogP contribution in [0.1, 0.15) is 67.5 Å².